The number of fused-ring (bicyclic) bond motifs is 1. The van der Waals surface area contributed by atoms with Crippen molar-refractivity contribution in [2.75, 3.05) is 20.2 Å². The van der Waals surface area contributed by atoms with Crippen LogP contribution in [0, 0.1) is 2.88 Å². The zero-order chi connectivity index (χ0) is 18.2. The van der Waals surface area contributed by atoms with Crippen LogP contribution in [0.15, 0.2) is 6.07 Å². The van der Waals surface area contributed by atoms with E-state index in [1.54, 1.807) is 12.0 Å². The summed E-state index contributed by atoms with van der Waals surface area (Å²) in [5, 5.41) is 3.76. The van der Waals surface area contributed by atoms with Crippen molar-refractivity contribution >= 4 is 40.0 Å². The van der Waals surface area contributed by atoms with E-state index in [2.05, 4.69) is 34.0 Å². The molecule has 1 aromatic heterocycles. The molecule has 25 heavy (non-hydrogen) atoms. The first-order valence-electron chi connectivity index (χ1n) is 8.81. The van der Waals surface area contributed by atoms with E-state index < -0.39 is 5.60 Å². The van der Waals surface area contributed by atoms with Gasteiger partial charge in [0.1, 0.15) is 5.60 Å². The number of nitrogens with zero attached hydrogens (tertiary/aromatic N) is 1. The second-order valence-electron chi connectivity index (χ2n) is 7.81. The second-order valence-corrected chi connectivity index (χ2v) is 10.8. The topological polar surface area (TPSA) is 50.8 Å². The van der Waals surface area contributed by atoms with Crippen LogP contribution in [0.3, 0.4) is 0 Å². The first-order valence-corrected chi connectivity index (χ1v) is 10.7. The number of nitrogens with one attached hydrogen (secondary N) is 1. The Labute approximate surface area is 167 Å². The number of amides is 1. The summed E-state index contributed by atoms with van der Waals surface area (Å²) in [6, 6.07) is 2.79. The van der Waals surface area contributed by atoms with E-state index in [0.29, 0.717) is 19.1 Å². The van der Waals surface area contributed by atoms with E-state index in [9.17, 15) is 4.79 Å². The lowest BCUT2D eigenvalue weighted by molar-refractivity contribution is 0.0252. The molecule has 0 saturated carbocycles. The molecule has 5 nitrogen and oxygen atoms in total. The van der Waals surface area contributed by atoms with Gasteiger partial charge in [0.15, 0.2) is 0 Å². The summed E-state index contributed by atoms with van der Waals surface area (Å²) in [7, 11) is 1.72. The van der Waals surface area contributed by atoms with E-state index in [1.807, 2.05) is 32.1 Å². The van der Waals surface area contributed by atoms with Crippen molar-refractivity contribution < 1.29 is 14.3 Å². The normalized spacial score (nSPS) is 26.6. The first kappa shape index (κ1) is 19.4. The molecule has 2 aliphatic rings. The molecule has 1 fully saturated rings. The van der Waals surface area contributed by atoms with Crippen molar-refractivity contribution in [3.8, 4) is 0 Å². The second kappa shape index (κ2) is 7.70. The van der Waals surface area contributed by atoms with E-state index >= 15 is 0 Å². The van der Waals surface area contributed by atoms with Gasteiger partial charge in [-0.25, -0.2) is 4.79 Å². The standard InChI is InChI=1S/C18H27IN2O3S/c1-18(2,3)24-17(22)21-9-13(14(10-21)23-4)20-12-6-5-7-15-11(12)8-16(19)25-15/h8,12-14,20H,5-7,9-10H2,1-4H3/t12?,13?,14-/m0/s1. The Hall–Kier alpha value is -0.380. The molecule has 1 aromatic rings. The zero-order valence-electron chi connectivity index (χ0n) is 15.3. The van der Waals surface area contributed by atoms with Gasteiger partial charge in [-0.2, -0.15) is 0 Å². The number of carbonyl (C=O) groups excluding carboxylic acids is 1. The number of thiophene rings is 1. The minimum Gasteiger partial charge on any atom is -0.444 e. The Kier molecular flexibility index (Phi) is 5.97. The van der Waals surface area contributed by atoms with Gasteiger partial charge in [-0.15, -0.1) is 11.3 Å². The summed E-state index contributed by atoms with van der Waals surface area (Å²) in [6.07, 6.45) is 3.27. The molecule has 2 heterocycles. The summed E-state index contributed by atoms with van der Waals surface area (Å²) >= 11 is 4.31. The van der Waals surface area contributed by atoms with Crippen LogP contribution in [-0.4, -0.2) is 48.9 Å². The molecule has 0 spiro atoms. The van der Waals surface area contributed by atoms with E-state index in [4.69, 9.17) is 9.47 Å². The van der Waals surface area contributed by atoms with E-state index in [-0.39, 0.29) is 18.2 Å². The molecule has 1 N–H and O–H groups in total. The Balaban J connectivity index is 1.67. The highest BCUT2D eigenvalue weighted by Crippen LogP contribution is 2.37. The van der Waals surface area contributed by atoms with Crippen LogP contribution in [-0.2, 0) is 15.9 Å². The fraction of sp³-hybridized carbons (Fsp3) is 0.722. The number of halogens is 1. The van der Waals surface area contributed by atoms with Crippen molar-refractivity contribution in [3.63, 3.8) is 0 Å². The number of ether oxygens (including phenoxy) is 2. The van der Waals surface area contributed by atoms with E-state index in [1.165, 1.54) is 26.2 Å². The van der Waals surface area contributed by atoms with Crippen LogP contribution in [0.5, 0.6) is 0 Å². The number of methoxy groups -OCH3 is 1. The predicted molar refractivity (Wildman–Crippen MR) is 108 cm³/mol. The molecule has 0 aromatic carbocycles. The van der Waals surface area contributed by atoms with Crippen molar-refractivity contribution in [3.05, 3.63) is 19.4 Å². The van der Waals surface area contributed by atoms with Gasteiger partial charge in [-0.1, -0.05) is 0 Å². The number of hydrogen-bond donors (Lipinski definition) is 1. The summed E-state index contributed by atoms with van der Waals surface area (Å²) in [5.41, 5.74) is 0.961. The summed E-state index contributed by atoms with van der Waals surface area (Å²) in [6.45, 7) is 6.88. The SMILES string of the molecule is CO[C@H]1CN(C(=O)OC(C)(C)C)CC1NC1CCCc2sc(I)cc21. The molecule has 3 atom stereocenters. The van der Waals surface area contributed by atoms with Gasteiger partial charge in [0, 0.05) is 24.6 Å². The molecular weight excluding hydrogens is 451 g/mol. The predicted octanol–water partition coefficient (Wildman–Crippen LogP) is 3.95. The highest BCUT2D eigenvalue weighted by Gasteiger charge is 2.39. The molecule has 0 bridgehead atoms. The minimum atomic E-state index is -0.475. The lowest BCUT2D eigenvalue weighted by atomic mass is 9.93. The molecular formula is C18H27IN2O3S. The van der Waals surface area contributed by atoms with Crippen molar-refractivity contribution in [1.82, 2.24) is 10.2 Å². The molecule has 0 radical (unpaired) electrons. The van der Waals surface area contributed by atoms with Crippen LogP contribution < -0.4 is 5.32 Å². The van der Waals surface area contributed by atoms with Gasteiger partial charge in [0.25, 0.3) is 0 Å². The fourth-order valence-corrected chi connectivity index (χ4v) is 5.72. The highest BCUT2D eigenvalue weighted by atomic mass is 127. The largest absolute Gasteiger partial charge is 0.444 e. The van der Waals surface area contributed by atoms with Gasteiger partial charge in [0.2, 0.25) is 0 Å². The van der Waals surface area contributed by atoms with Gasteiger partial charge >= 0.3 is 6.09 Å². The molecule has 1 amide bonds. The Bertz CT molecular complexity index is 628. The third kappa shape index (κ3) is 4.67. The summed E-state index contributed by atoms with van der Waals surface area (Å²) in [5.74, 6) is 0. The molecule has 1 aliphatic heterocycles. The maximum Gasteiger partial charge on any atom is 0.410 e. The minimum absolute atomic E-state index is 0.00407. The molecule has 1 aliphatic carbocycles. The molecule has 140 valence electrons. The van der Waals surface area contributed by atoms with Crippen LogP contribution in [0.2, 0.25) is 0 Å². The molecule has 3 rings (SSSR count). The maximum atomic E-state index is 12.4. The Morgan fingerprint density at radius 2 is 2.16 bits per heavy atom. The third-order valence-electron chi connectivity index (χ3n) is 4.72. The Morgan fingerprint density at radius 1 is 1.40 bits per heavy atom. The summed E-state index contributed by atoms with van der Waals surface area (Å²) < 4.78 is 12.5. The van der Waals surface area contributed by atoms with Crippen LogP contribution in [0.4, 0.5) is 4.79 Å². The van der Waals surface area contributed by atoms with Gasteiger partial charge < -0.3 is 19.7 Å². The molecule has 7 heteroatoms. The number of rotatable bonds is 3. The average molecular weight is 478 g/mol. The van der Waals surface area contributed by atoms with Crippen molar-refractivity contribution in [2.45, 2.75) is 63.8 Å². The van der Waals surface area contributed by atoms with Gasteiger partial charge in [-0.05, 0) is 74.3 Å². The lowest BCUT2D eigenvalue weighted by Crippen LogP contribution is -2.43. The number of aryl methyl sites for hydroxylation is 1. The maximum absolute atomic E-state index is 12.4. The molecule has 2 unspecified atom stereocenters. The lowest BCUT2D eigenvalue weighted by Gasteiger charge is -2.29. The highest BCUT2D eigenvalue weighted by molar-refractivity contribution is 14.1. The monoisotopic (exact) mass is 478 g/mol. The summed E-state index contributed by atoms with van der Waals surface area (Å²) in [4.78, 5) is 15.6. The molecule has 1 saturated heterocycles. The van der Waals surface area contributed by atoms with E-state index in [0.717, 1.165) is 6.42 Å². The third-order valence-corrected chi connectivity index (χ3v) is 6.69. The van der Waals surface area contributed by atoms with Crippen molar-refractivity contribution in [2.24, 2.45) is 0 Å². The average Bonchev–Trinajstić information content (AvgIpc) is 3.08. The van der Waals surface area contributed by atoms with Crippen LogP contribution >= 0.6 is 33.9 Å². The zero-order valence-corrected chi connectivity index (χ0v) is 18.3. The first-order chi connectivity index (χ1) is 11.8. The number of carbonyl (C=O) groups is 1. The van der Waals surface area contributed by atoms with Crippen LogP contribution in [0.25, 0.3) is 0 Å². The number of likely N-dealkylation sites (tertiary alicyclic amines) is 1. The Morgan fingerprint density at radius 3 is 2.84 bits per heavy atom. The smallest absolute Gasteiger partial charge is 0.410 e. The van der Waals surface area contributed by atoms with Crippen LogP contribution in [0.1, 0.15) is 50.1 Å². The van der Waals surface area contributed by atoms with Gasteiger partial charge in [0.05, 0.1) is 21.6 Å². The van der Waals surface area contributed by atoms with Crippen molar-refractivity contribution in [1.29, 1.82) is 0 Å². The van der Waals surface area contributed by atoms with Gasteiger partial charge in [-0.3, -0.25) is 0 Å². The fourth-order valence-electron chi connectivity index (χ4n) is 3.60. The quantitative estimate of drug-likeness (QED) is 0.669. The number of hydrogen-bond acceptors (Lipinski definition) is 5.